The third-order valence-electron chi connectivity index (χ3n) is 4.94. The summed E-state index contributed by atoms with van der Waals surface area (Å²) in [7, 11) is 0. The van der Waals surface area contributed by atoms with Gasteiger partial charge in [-0.15, -0.1) is 6.58 Å². The van der Waals surface area contributed by atoms with Crippen molar-refractivity contribution in [3.8, 4) is 0 Å². The van der Waals surface area contributed by atoms with Crippen molar-refractivity contribution in [2.24, 2.45) is 17.8 Å². The SMILES string of the molecule is C=CC1CCC(C2CCC(OCC)CC2)CC1. The van der Waals surface area contributed by atoms with Gasteiger partial charge in [0.2, 0.25) is 0 Å². The molecule has 0 aromatic heterocycles. The maximum Gasteiger partial charge on any atom is 0.0575 e. The summed E-state index contributed by atoms with van der Waals surface area (Å²) in [6.07, 6.45) is 13.8. The van der Waals surface area contributed by atoms with E-state index in [1.165, 1.54) is 51.4 Å². The molecule has 1 heteroatoms. The molecule has 0 atom stereocenters. The molecule has 0 amide bonds. The Balaban J connectivity index is 1.72. The van der Waals surface area contributed by atoms with Gasteiger partial charge in [-0.2, -0.15) is 0 Å². The molecule has 17 heavy (non-hydrogen) atoms. The van der Waals surface area contributed by atoms with Crippen LogP contribution in [0.3, 0.4) is 0 Å². The second-order valence-corrected chi connectivity index (χ2v) is 5.90. The molecule has 2 aliphatic carbocycles. The fourth-order valence-electron chi connectivity index (χ4n) is 3.81. The van der Waals surface area contributed by atoms with Crippen LogP contribution >= 0.6 is 0 Å². The number of hydrogen-bond acceptors (Lipinski definition) is 1. The minimum atomic E-state index is 0.570. The molecule has 0 aliphatic heterocycles. The number of ether oxygens (including phenoxy) is 1. The van der Waals surface area contributed by atoms with Crippen molar-refractivity contribution < 1.29 is 4.74 Å². The zero-order chi connectivity index (χ0) is 12.1. The highest BCUT2D eigenvalue weighted by Gasteiger charge is 2.30. The molecule has 98 valence electrons. The summed E-state index contributed by atoms with van der Waals surface area (Å²) < 4.78 is 5.74. The summed E-state index contributed by atoms with van der Waals surface area (Å²) in [5.74, 6) is 2.82. The summed E-state index contributed by atoms with van der Waals surface area (Å²) in [5, 5.41) is 0. The number of hydrogen-bond donors (Lipinski definition) is 0. The maximum atomic E-state index is 5.74. The lowest BCUT2D eigenvalue weighted by Gasteiger charge is -2.37. The normalized spacial score (nSPS) is 38.9. The molecule has 2 fully saturated rings. The summed E-state index contributed by atoms with van der Waals surface area (Å²) in [4.78, 5) is 0. The Morgan fingerprint density at radius 3 is 1.94 bits per heavy atom. The fourth-order valence-corrected chi connectivity index (χ4v) is 3.81. The van der Waals surface area contributed by atoms with E-state index in [0.717, 1.165) is 24.4 Å². The van der Waals surface area contributed by atoms with Gasteiger partial charge < -0.3 is 4.74 Å². The van der Waals surface area contributed by atoms with Gasteiger partial charge in [0.1, 0.15) is 0 Å². The van der Waals surface area contributed by atoms with Crippen LogP contribution in [0, 0.1) is 17.8 Å². The summed E-state index contributed by atoms with van der Waals surface area (Å²) >= 11 is 0. The Labute approximate surface area is 107 Å². The molecule has 2 aliphatic rings. The molecule has 0 heterocycles. The van der Waals surface area contributed by atoms with Crippen LogP contribution in [0.2, 0.25) is 0 Å². The number of allylic oxidation sites excluding steroid dienone is 1. The highest BCUT2D eigenvalue weighted by molar-refractivity contribution is 4.87. The van der Waals surface area contributed by atoms with Gasteiger partial charge in [0.15, 0.2) is 0 Å². The van der Waals surface area contributed by atoms with E-state index in [1.54, 1.807) is 0 Å². The van der Waals surface area contributed by atoms with Crippen LogP contribution in [0.1, 0.15) is 58.3 Å². The topological polar surface area (TPSA) is 9.23 Å². The molecule has 2 rings (SSSR count). The molecular formula is C16H28O. The van der Waals surface area contributed by atoms with Crippen LogP contribution in [0.5, 0.6) is 0 Å². The Kier molecular flexibility index (Phi) is 5.09. The van der Waals surface area contributed by atoms with E-state index < -0.39 is 0 Å². The third-order valence-corrected chi connectivity index (χ3v) is 4.94. The molecule has 0 bridgehead atoms. The Hall–Kier alpha value is -0.300. The predicted molar refractivity (Wildman–Crippen MR) is 73.0 cm³/mol. The van der Waals surface area contributed by atoms with Crippen molar-refractivity contribution in [3.05, 3.63) is 12.7 Å². The first-order valence-corrected chi connectivity index (χ1v) is 7.57. The predicted octanol–water partition coefficient (Wildman–Crippen LogP) is 4.57. The van der Waals surface area contributed by atoms with Crippen molar-refractivity contribution in [2.45, 2.75) is 64.4 Å². The smallest absolute Gasteiger partial charge is 0.0575 e. The Bertz CT molecular complexity index is 220. The van der Waals surface area contributed by atoms with Crippen molar-refractivity contribution >= 4 is 0 Å². The first kappa shape index (κ1) is 13.1. The largest absolute Gasteiger partial charge is 0.379 e. The molecule has 0 aromatic rings. The maximum absolute atomic E-state index is 5.74. The van der Waals surface area contributed by atoms with Gasteiger partial charge in [-0.1, -0.05) is 6.08 Å². The summed E-state index contributed by atoms with van der Waals surface area (Å²) in [6.45, 7) is 6.94. The van der Waals surface area contributed by atoms with Crippen LogP contribution in [0.25, 0.3) is 0 Å². The monoisotopic (exact) mass is 236 g/mol. The standard InChI is InChI=1S/C16H28O/c1-3-13-5-7-14(8-6-13)15-9-11-16(12-10-15)17-4-2/h3,13-16H,1,4-12H2,2H3. The van der Waals surface area contributed by atoms with Gasteiger partial charge >= 0.3 is 0 Å². The van der Waals surface area contributed by atoms with Crippen LogP contribution in [0.4, 0.5) is 0 Å². The van der Waals surface area contributed by atoms with E-state index in [4.69, 9.17) is 4.74 Å². The highest BCUT2D eigenvalue weighted by atomic mass is 16.5. The molecule has 0 radical (unpaired) electrons. The first-order chi connectivity index (χ1) is 8.33. The van der Waals surface area contributed by atoms with Gasteiger partial charge in [-0.3, -0.25) is 0 Å². The minimum absolute atomic E-state index is 0.570. The lowest BCUT2D eigenvalue weighted by molar-refractivity contribution is 0.0142. The average Bonchev–Trinajstić information content (AvgIpc) is 2.40. The van der Waals surface area contributed by atoms with Crippen molar-refractivity contribution in [2.75, 3.05) is 6.61 Å². The molecule has 0 N–H and O–H groups in total. The quantitative estimate of drug-likeness (QED) is 0.649. The zero-order valence-electron chi connectivity index (χ0n) is 11.4. The Morgan fingerprint density at radius 2 is 1.47 bits per heavy atom. The van der Waals surface area contributed by atoms with Crippen molar-refractivity contribution in [3.63, 3.8) is 0 Å². The molecule has 0 saturated heterocycles. The van der Waals surface area contributed by atoms with E-state index in [1.807, 2.05) is 0 Å². The number of rotatable bonds is 4. The summed E-state index contributed by atoms with van der Waals surface area (Å²) in [6, 6.07) is 0. The molecular weight excluding hydrogens is 208 g/mol. The van der Waals surface area contributed by atoms with E-state index in [9.17, 15) is 0 Å². The molecule has 0 unspecified atom stereocenters. The molecule has 2 saturated carbocycles. The molecule has 1 nitrogen and oxygen atoms in total. The van der Waals surface area contributed by atoms with Gasteiger partial charge in [-0.25, -0.2) is 0 Å². The van der Waals surface area contributed by atoms with E-state index in [0.29, 0.717) is 6.10 Å². The van der Waals surface area contributed by atoms with Crippen LogP contribution in [-0.4, -0.2) is 12.7 Å². The van der Waals surface area contributed by atoms with E-state index in [-0.39, 0.29) is 0 Å². The fraction of sp³-hybridized carbons (Fsp3) is 0.875. The average molecular weight is 236 g/mol. The third kappa shape index (κ3) is 3.58. The highest BCUT2D eigenvalue weighted by Crippen LogP contribution is 2.40. The second-order valence-electron chi connectivity index (χ2n) is 5.90. The molecule has 0 aromatic carbocycles. The Morgan fingerprint density at radius 1 is 0.941 bits per heavy atom. The van der Waals surface area contributed by atoms with E-state index in [2.05, 4.69) is 19.6 Å². The van der Waals surface area contributed by atoms with Gasteiger partial charge in [0, 0.05) is 6.61 Å². The minimum Gasteiger partial charge on any atom is -0.379 e. The second kappa shape index (κ2) is 6.58. The van der Waals surface area contributed by atoms with Crippen LogP contribution < -0.4 is 0 Å². The summed E-state index contributed by atoms with van der Waals surface area (Å²) in [5.41, 5.74) is 0. The van der Waals surface area contributed by atoms with Gasteiger partial charge in [-0.05, 0) is 76.0 Å². The van der Waals surface area contributed by atoms with Gasteiger partial charge in [0.05, 0.1) is 6.10 Å². The van der Waals surface area contributed by atoms with E-state index >= 15 is 0 Å². The van der Waals surface area contributed by atoms with Crippen molar-refractivity contribution in [1.82, 2.24) is 0 Å². The lowest BCUT2D eigenvalue weighted by atomic mass is 9.70. The van der Waals surface area contributed by atoms with Crippen LogP contribution in [0.15, 0.2) is 12.7 Å². The zero-order valence-corrected chi connectivity index (χ0v) is 11.4. The lowest BCUT2D eigenvalue weighted by Crippen LogP contribution is -2.28. The van der Waals surface area contributed by atoms with Crippen LogP contribution in [-0.2, 0) is 4.74 Å². The van der Waals surface area contributed by atoms with Crippen molar-refractivity contribution in [1.29, 1.82) is 0 Å². The molecule has 0 spiro atoms. The van der Waals surface area contributed by atoms with Gasteiger partial charge in [0.25, 0.3) is 0 Å². The first-order valence-electron chi connectivity index (χ1n) is 7.57.